The van der Waals surface area contributed by atoms with E-state index in [2.05, 4.69) is 5.10 Å². The molecule has 0 radical (unpaired) electrons. The van der Waals surface area contributed by atoms with E-state index in [4.69, 9.17) is 10.5 Å². The highest BCUT2D eigenvalue weighted by Crippen LogP contribution is 2.41. The summed E-state index contributed by atoms with van der Waals surface area (Å²) >= 11 is 0. The van der Waals surface area contributed by atoms with Crippen molar-refractivity contribution in [2.45, 2.75) is 13.1 Å². The molecule has 28 heavy (non-hydrogen) atoms. The Kier molecular flexibility index (Phi) is 5.13. The zero-order valence-electron chi connectivity index (χ0n) is 15.2. The summed E-state index contributed by atoms with van der Waals surface area (Å²) in [6.45, 7) is 2.26. The zero-order valence-corrected chi connectivity index (χ0v) is 15.2. The summed E-state index contributed by atoms with van der Waals surface area (Å²) in [4.78, 5) is 11.9. The lowest BCUT2D eigenvalue weighted by molar-refractivity contribution is -0.141. The number of rotatable bonds is 5. The molecular weight excluding hydrogens is 371 g/mol. The number of hydrogen-bond donors (Lipinski definition) is 1. The quantitative estimate of drug-likeness (QED) is 0.708. The number of para-hydroxylation sites is 1. The number of aryl methyl sites for hydroxylation is 1. The van der Waals surface area contributed by atoms with Gasteiger partial charge in [0.15, 0.2) is 5.69 Å². The van der Waals surface area contributed by atoms with Crippen LogP contribution in [0.2, 0.25) is 0 Å². The van der Waals surface area contributed by atoms with Gasteiger partial charge in [0.1, 0.15) is 5.75 Å². The molecule has 0 spiro atoms. The van der Waals surface area contributed by atoms with E-state index >= 15 is 0 Å². The van der Waals surface area contributed by atoms with Gasteiger partial charge in [-0.1, -0.05) is 42.5 Å². The van der Waals surface area contributed by atoms with Gasteiger partial charge in [-0.25, -0.2) is 0 Å². The number of benzene rings is 2. The first-order chi connectivity index (χ1) is 13.3. The largest absolute Gasteiger partial charge is 0.493 e. The average Bonchev–Trinajstić information content (AvgIpc) is 3.00. The average molecular weight is 389 g/mol. The second-order valence-corrected chi connectivity index (χ2v) is 6.03. The number of amides is 1. The molecule has 2 N–H and O–H groups in total. The van der Waals surface area contributed by atoms with Crippen molar-refractivity contribution in [3.8, 4) is 28.1 Å². The highest BCUT2D eigenvalue weighted by atomic mass is 19.4. The molecule has 2 aromatic carbocycles. The maximum absolute atomic E-state index is 13.4. The van der Waals surface area contributed by atoms with Crippen molar-refractivity contribution in [1.82, 2.24) is 9.78 Å². The van der Waals surface area contributed by atoms with Crippen molar-refractivity contribution in [3.05, 3.63) is 59.8 Å². The van der Waals surface area contributed by atoms with E-state index in [1.54, 1.807) is 48.5 Å². The van der Waals surface area contributed by atoms with E-state index in [0.29, 0.717) is 29.0 Å². The Morgan fingerprint density at radius 3 is 2.21 bits per heavy atom. The van der Waals surface area contributed by atoms with Crippen LogP contribution in [-0.2, 0) is 13.2 Å². The lowest BCUT2D eigenvalue weighted by Crippen LogP contribution is -2.18. The molecule has 146 valence electrons. The molecule has 0 fully saturated rings. The van der Waals surface area contributed by atoms with Crippen LogP contribution in [0.4, 0.5) is 13.2 Å². The molecule has 1 aromatic heterocycles. The Balaban J connectivity index is 2.32. The Morgan fingerprint density at radius 1 is 1.07 bits per heavy atom. The van der Waals surface area contributed by atoms with Gasteiger partial charge in [-0.3, -0.25) is 9.48 Å². The van der Waals surface area contributed by atoms with Crippen LogP contribution in [-0.4, -0.2) is 22.3 Å². The number of halogens is 3. The van der Waals surface area contributed by atoms with Crippen molar-refractivity contribution in [2.24, 2.45) is 12.8 Å². The maximum Gasteiger partial charge on any atom is 0.435 e. The monoisotopic (exact) mass is 389 g/mol. The number of primary amides is 1. The Bertz CT molecular complexity index is 1030. The summed E-state index contributed by atoms with van der Waals surface area (Å²) in [5.74, 6) is -0.611. The molecular formula is C20H18F3N3O2. The van der Waals surface area contributed by atoms with Gasteiger partial charge in [0.25, 0.3) is 5.91 Å². The zero-order chi connectivity index (χ0) is 20.5. The smallest absolute Gasteiger partial charge is 0.435 e. The first-order valence-electron chi connectivity index (χ1n) is 8.51. The van der Waals surface area contributed by atoms with Gasteiger partial charge in [-0.2, -0.15) is 18.3 Å². The molecule has 0 aliphatic carbocycles. The van der Waals surface area contributed by atoms with E-state index < -0.39 is 23.3 Å². The van der Waals surface area contributed by atoms with Gasteiger partial charge in [-0.05, 0) is 18.6 Å². The van der Waals surface area contributed by atoms with Crippen LogP contribution in [0.25, 0.3) is 22.4 Å². The molecule has 0 bridgehead atoms. The minimum atomic E-state index is -4.81. The summed E-state index contributed by atoms with van der Waals surface area (Å²) in [6, 6.07) is 14.0. The van der Waals surface area contributed by atoms with E-state index in [1.807, 2.05) is 6.92 Å². The van der Waals surface area contributed by atoms with Crippen LogP contribution < -0.4 is 10.5 Å². The van der Waals surface area contributed by atoms with Crippen molar-refractivity contribution >= 4 is 5.91 Å². The first-order valence-corrected chi connectivity index (χ1v) is 8.51. The van der Waals surface area contributed by atoms with E-state index in [9.17, 15) is 18.0 Å². The minimum Gasteiger partial charge on any atom is -0.493 e. The molecule has 0 saturated heterocycles. The van der Waals surface area contributed by atoms with Crippen molar-refractivity contribution in [3.63, 3.8) is 0 Å². The molecule has 0 unspecified atom stereocenters. The van der Waals surface area contributed by atoms with Gasteiger partial charge in [0.05, 0.1) is 17.9 Å². The van der Waals surface area contributed by atoms with Gasteiger partial charge in [0.2, 0.25) is 0 Å². The van der Waals surface area contributed by atoms with Gasteiger partial charge < -0.3 is 10.5 Å². The molecule has 5 nitrogen and oxygen atoms in total. The molecule has 0 atom stereocenters. The fourth-order valence-corrected chi connectivity index (χ4v) is 3.16. The fraction of sp³-hybridized carbons (Fsp3) is 0.200. The van der Waals surface area contributed by atoms with Crippen LogP contribution in [0.15, 0.2) is 48.5 Å². The van der Waals surface area contributed by atoms with Crippen LogP contribution >= 0.6 is 0 Å². The van der Waals surface area contributed by atoms with Crippen molar-refractivity contribution in [2.75, 3.05) is 6.61 Å². The predicted octanol–water partition coefficient (Wildman–Crippen LogP) is 4.27. The van der Waals surface area contributed by atoms with E-state index in [1.165, 1.54) is 7.05 Å². The molecule has 3 rings (SSSR count). The Hall–Kier alpha value is -3.29. The van der Waals surface area contributed by atoms with E-state index in [0.717, 1.165) is 4.68 Å². The lowest BCUT2D eigenvalue weighted by atomic mass is 9.94. The SMILES string of the molecule is CCOc1ccccc1-c1ccccc1-c1c(C(N)=O)c(C(F)(F)F)nn1C. The number of carbonyl (C=O) groups is 1. The van der Waals surface area contributed by atoms with Crippen LogP contribution in [0.5, 0.6) is 5.75 Å². The number of aromatic nitrogens is 2. The summed E-state index contributed by atoms with van der Waals surface area (Å²) in [5.41, 5.74) is 5.04. The van der Waals surface area contributed by atoms with Gasteiger partial charge in [0, 0.05) is 18.2 Å². The third-order valence-electron chi connectivity index (χ3n) is 4.22. The number of nitrogens with zero attached hydrogens (tertiary/aromatic N) is 2. The molecule has 3 aromatic rings. The topological polar surface area (TPSA) is 70.1 Å². The second kappa shape index (κ2) is 7.38. The molecule has 1 amide bonds. The third kappa shape index (κ3) is 3.45. The molecule has 1 heterocycles. The number of nitrogens with two attached hydrogens (primary N) is 1. The highest BCUT2D eigenvalue weighted by molar-refractivity contribution is 6.02. The highest BCUT2D eigenvalue weighted by Gasteiger charge is 2.41. The number of ether oxygens (including phenoxy) is 1. The second-order valence-electron chi connectivity index (χ2n) is 6.03. The third-order valence-corrected chi connectivity index (χ3v) is 4.22. The molecule has 0 aliphatic heterocycles. The van der Waals surface area contributed by atoms with Crippen LogP contribution in [0, 0.1) is 0 Å². The van der Waals surface area contributed by atoms with E-state index in [-0.39, 0.29) is 5.69 Å². The molecule has 8 heteroatoms. The van der Waals surface area contributed by atoms with Crippen molar-refractivity contribution in [1.29, 1.82) is 0 Å². The standard InChI is InChI=1S/C20H18F3N3O2/c1-3-28-15-11-7-6-9-13(15)12-8-4-5-10-14(12)17-16(19(24)27)18(20(21,22)23)25-26(17)2/h4-11H,3H2,1-2H3,(H2,24,27). The van der Waals surface area contributed by atoms with Crippen molar-refractivity contribution < 1.29 is 22.7 Å². The summed E-state index contributed by atoms with van der Waals surface area (Å²) in [5, 5.41) is 3.53. The molecule has 0 saturated carbocycles. The first kappa shape index (κ1) is 19.5. The number of hydrogen-bond acceptors (Lipinski definition) is 3. The summed E-state index contributed by atoms with van der Waals surface area (Å²) in [6.07, 6.45) is -4.81. The van der Waals surface area contributed by atoms with Gasteiger partial charge >= 0.3 is 6.18 Å². The summed E-state index contributed by atoms with van der Waals surface area (Å²) in [7, 11) is 1.35. The minimum absolute atomic E-state index is 0.00160. The predicted molar refractivity (Wildman–Crippen MR) is 98.8 cm³/mol. The number of alkyl halides is 3. The van der Waals surface area contributed by atoms with Crippen LogP contribution in [0.3, 0.4) is 0 Å². The van der Waals surface area contributed by atoms with Crippen LogP contribution in [0.1, 0.15) is 23.0 Å². The van der Waals surface area contributed by atoms with Gasteiger partial charge in [-0.15, -0.1) is 0 Å². The Morgan fingerprint density at radius 2 is 1.64 bits per heavy atom. The fourth-order valence-electron chi connectivity index (χ4n) is 3.16. The molecule has 0 aliphatic rings. The lowest BCUT2D eigenvalue weighted by Gasteiger charge is -2.15. The number of carbonyl (C=O) groups excluding carboxylic acids is 1. The maximum atomic E-state index is 13.4. The summed E-state index contributed by atoms with van der Waals surface area (Å²) < 4.78 is 46.9. The Labute approximate surface area is 159 Å². The normalized spacial score (nSPS) is 11.5.